The number of aliphatic hydroxyl groups excluding tert-OH is 4. The van der Waals surface area contributed by atoms with E-state index in [0.717, 1.165) is 33.1 Å². The van der Waals surface area contributed by atoms with Crippen molar-refractivity contribution in [2.24, 2.45) is 11.5 Å². The van der Waals surface area contributed by atoms with Crippen LogP contribution >= 0.6 is 0 Å². The van der Waals surface area contributed by atoms with Crippen LogP contribution in [0.4, 0.5) is 0 Å². The monoisotopic (exact) mass is 991 g/mol. The Balaban J connectivity index is 0.00000189. The fourth-order valence-corrected chi connectivity index (χ4v) is 8.11. The Morgan fingerprint density at radius 1 is 0.696 bits per heavy atom. The number of unbranched alkanes of at least 4 members (excludes halogenated alkanes) is 14. The van der Waals surface area contributed by atoms with Gasteiger partial charge in [0, 0.05) is 58.7 Å². The number of aryl methyl sites for hydroxylation is 1. The van der Waals surface area contributed by atoms with Crippen molar-refractivity contribution in [1.29, 1.82) is 0 Å². The highest BCUT2D eigenvalue weighted by Crippen LogP contribution is 2.25. The molecule has 3 aliphatic rings. The first-order chi connectivity index (χ1) is 32.9. The van der Waals surface area contributed by atoms with Gasteiger partial charge >= 0.3 is 11.7 Å². The maximum Gasteiger partial charge on any atom is 0.328 e. The number of aromatic amines is 1. The summed E-state index contributed by atoms with van der Waals surface area (Å²) in [5.74, 6) is -2.60. The lowest BCUT2D eigenvalue weighted by Crippen LogP contribution is -2.51. The number of carboxylic acids is 2. The highest BCUT2D eigenvalue weighted by atomic mass is 16.7. The normalized spacial score (nSPS) is 26.8. The molecule has 4 heterocycles. The number of H-pyrrole nitrogens is 1. The van der Waals surface area contributed by atoms with Crippen LogP contribution in [0.5, 0.6) is 0 Å². The van der Waals surface area contributed by atoms with Crippen LogP contribution in [0.25, 0.3) is 0 Å². The fourth-order valence-electron chi connectivity index (χ4n) is 8.11. The first-order valence-corrected chi connectivity index (χ1v) is 24.5. The number of rotatable bonds is 29. The molecule has 3 aliphatic heterocycles. The van der Waals surface area contributed by atoms with Crippen LogP contribution in [-0.4, -0.2) is 176 Å². The van der Waals surface area contributed by atoms with E-state index in [2.05, 4.69) is 17.2 Å². The standard InChI is InChI=1S/C42H74N6O13.2C2H4O2/c1-2-3-4-5-6-7-8-9-10-11-12-13-15-18-34(50)59-32-25-48(21-17-14-16-20-47-22-19-33(49)46-42(47)56)29(27-58-41-38(54)36(52)31(24-44)61-41)39(55)45-28(32)26-57-40-37(53)35(51)30(23-43)60-40;2*1-2(3)4/h19,22,28-32,35-38,40-41,51-54H,2-18,20-21,23-27,43-44H2,1H3,(H,45,55)(H,46,49,56);2*1H3,(H,3,4)/t28-,29+,30-,31-,32+,35-,36-,37-,38-,40-,41-;;/m1../s1. The number of hydrogen-bond donors (Lipinski definition) is 10. The number of aliphatic hydroxyl groups is 4. The molecular weight excluding hydrogens is 909 g/mol. The van der Waals surface area contributed by atoms with Gasteiger partial charge in [0.2, 0.25) is 5.91 Å². The van der Waals surface area contributed by atoms with Crippen molar-refractivity contribution in [3.63, 3.8) is 0 Å². The summed E-state index contributed by atoms with van der Waals surface area (Å²) in [5.41, 5.74) is 10.4. The lowest BCUT2D eigenvalue weighted by molar-refractivity contribution is -0.176. The van der Waals surface area contributed by atoms with Gasteiger partial charge in [0.25, 0.3) is 17.5 Å². The molecule has 12 N–H and O–H groups in total. The summed E-state index contributed by atoms with van der Waals surface area (Å²) in [7, 11) is 0. The van der Waals surface area contributed by atoms with Crippen LogP contribution in [0.3, 0.4) is 0 Å². The number of carbonyl (C=O) groups is 4. The molecule has 4 rings (SSSR count). The van der Waals surface area contributed by atoms with Gasteiger partial charge in [0.05, 0.1) is 19.3 Å². The predicted molar refractivity (Wildman–Crippen MR) is 251 cm³/mol. The van der Waals surface area contributed by atoms with Gasteiger partial charge in [0.15, 0.2) is 12.6 Å². The lowest BCUT2D eigenvalue weighted by Gasteiger charge is -2.31. The quantitative estimate of drug-likeness (QED) is 0.0381. The van der Waals surface area contributed by atoms with E-state index in [9.17, 15) is 39.6 Å². The molecule has 1 aromatic rings. The van der Waals surface area contributed by atoms with Gasteiger partial charge in [-0.25, -0.2) is 4.79 Å². The molecular formula is C46H82N6O17. The number of carboxylic acid groups (broad SMARTS) is 2. The molecule has 0 aliphatic carbocycles. The molecule has 11 atom stereocenters. The van der Waals surface area contributed by atoms with Crippen LogP contribution in [0.15, 0.2) is 21.9 Å². The summed E-state index contributed by atoms with van der Waals surface area (Å²) in [4.78, 5) is 73.2. The summed E-state index contributed by atoms with van der Waals surface area (Å²) in [6, 6.07) is -0.611. The second-order valence-corrected chi connectivity index (χ2v) is 17.7. The number of hydrogen-bond acceptors (Lipinski definition) is 18. The fraction of sp³-hybridized carbons (Fsp3) is 0.826. The first-order valence-electron chi connectivity index (χ1n) is 24.5. The Morgan fingerprint density at radius 3 is 1.64 bits per heavy atom. The summed E-state index contributed by atoms with van der Waals surface area (Å²) < 4.78 is 30.6. The van der Waals surface area contributed by atoms with Gasteiger partial charge in [0.1, 0.15) is 48.8 Å². The van der Waals surface area contributed by atoms with E-state index in [4.69, 9.17) is 55.0 Å². The van der Waals surface area contributed by atoms with Crippen molar-refractivity contribution in [3.05, 3.63) is 33.1 Å². The van der Waals surface area contributed by atoms with E-state index in [1.54, 1.807) is 0 Å². The third-order valence-corrected chi connectivity index (χ3v) is 11.9. The van der Waals surface area contributed by atoms with Gasteiger partial charge in [-0.3, -0.25) is 33.9 Å². The van der Waals surface area contributed by atoms with Crippen molar-refractivity contribution in [2.75, 3.05) is 39.4 Å². The minimum Gasteiger partial charge on any atom is -0.481 e. The van der Waals surface area contributed by atoms with E-state index in [-0.39, 0.29) is 39.3 Å². The van der Waals surface area contributed by atoms with E-state index in [1.807, 2.05) is 4.90 Å². The summed E-state index contributed by atoms with van der Waals surface area (Å²) in [6.45, 7) is 4.51. The van der Waals surface area contributed by atoms with E-state index < -0.39 is 102 Å². The van der Waals surface area contributed by atoms with Crippen LogP contribution in [0, 0.1) is 0 Å². The zero-order valence-electron chi connectivity index (χ0n) is 40.7. The first kappa shape index (κ1) is 61.2. The molecule has 0 saturated carbocycles. The molecule has 0 bridgehead atoms. The van der Waals surface area contributed by atoms with Gasteiger partial charge in [-0.1, -0.05) is 90.4 Å². The molecule has 1 amide bonds. The predicted octanol–water partition coefficient (Wildman–Crippen LogP) is 0.295. The van der Waals surface area contributed by atoms with E-state index in [1.165, 1.54) is 74.6 Å². The maximum atomic E-state index is 14.1. The smallest absolute Gasteiger partial charge is 0.328 e. The highest BCUT2D eigenvalue weighted by molar-refractivity contribution is 5.82. The number of esters is 1. The number of amides is 1. The molecule has 0 radical (unpaired) electrons. The summed E-state index contributed by atoms with van der Waals surface area (Å²) in [5, 5.41) is 59.7. The molecule has 1 aromatic heterocycles. The summed E-state index contributed by atoms with van der Waals surface area (Å²) >= 11 is 0. The second kappa shape index (κ2) is 34.4. The van der Waals surface area contributed by atoms with Gasteiger partial charge in [-0.15, -0.1) is 0 Å². The van der Waals surface area contributed by atoms with Crippen LogP contribution in [-0.2, 0) is 49.4 Å². The van der Waals surface area contributed by atoms with Crippen LogP contribution < -0.4 is 28.0 Å². The molecule has 398 valence electrons. The molecule has 69 heavy (non-hydrogen) atoms. The van der Waals surface area contributed by atoms with Crippen molar-refractivity contribution in [2.45, 2.75) is 204 Å². The minimum atomic E-state index is -1.40. The Hall–Kier alpha value is -3.88. The molecule has 0 aromatic carbocycles. The molecule has 23 heteroatoms. The zero-order chi connectivity index (χ0) is 51.3. The van der Waals surface area contributed by atoms with Crippen molar-refractivity contribution >= 4 is 23.8 Å². The van der Waals surface area contributed by atoms with Gasteiger partial charge < -0.3 is 75.7 Å². The third kappa shape index (κ3) is 23.7. The summed E-state index contributed by atoms with van der Waals surface area (Å²) in [6.07, 6.45) is 8.02. The maximum absolute atomic E-state index is 14.1. The minimum absolute atomic E-state index is 0.0572. The Kier molecular flexibility index (Phi) is 30.6. The molecule has 23 nitrogen and oxygen atoms in total. The number of ether oxygens (including phenoxy) is 5. The Bertz CT molecular complexity index is 1720. The number of nitrogens with one attached hydrogen (secondary N) is 2. The number of aliphatic carboxylic acids is 2. The van der Waals surface area contributed by atoms with Gasteiger partial charge in [-0.05, 0) is 25.8 Å². The van der Waals surface area contributed by atoms with Crippen LogP contribution in [0.2, 0.25) is 0 Å². The van der Waals surface area contributed by atoms with Gasteiger partial charge in [-0.2, -0.15) is 0 Å². The Morgan fingerprint density at radius 2 is 1.16 bits per heavy atom. The topological polar surface area (TPSA) is 358 Å². The lowest BCUT2D eigenvalue weighted by atomic mass is 10.0. The highest BCUT2D eigenvalue weighted by Gasteiger charge is 2.46. The van der Waals surface area contributed by atoms with E-state index in [0.29, 0.717) is 38.8 Å². The molecule has 3 fully saturated rings. The third-order valence-electron chi connectivity index (χ3n) is 11.9. The second-order valence-electron chi connectivity index (χ2n) is 17.7. The zero-order valence-corrected chi connectivity index (χ0v) is 40.7. The number of aromatic nitrogens is 2. The number of nitrogens with two attached hydrogens (primary N) is 2. The van der Waals surface area contributed by atoms with Crippen LogP contribution in [0.1, 0.15) is 130 Å². The van der Waals surface area contributed by atoms with Crippen molar-refractivity contribution < 1.29 is 73.5 Å². The van der Waals surface area contributed by atoms with E-state index >= 15 is 0 Å². The number of carbonyl (C=O) groups excluding carboxylic acids is 2. The molecule has 0 unspecified atom stereocenters. The van der Waals surface area contributed by atoms with Crippen molar-refractivity contribution in [3.8, 4) is 0 Å². The Labute approximate surface area is 404 Å². The SMILES string of the molecule is CC(=O)O.CC(=O)O.CCCCCCCCCCCCCCCC(=O)O[C@H]1CN(CCCCCn2ccc(=O)[nH]c2=O)[C@@H](CO[C@@H]2O[C@H](CN)[C@@H](O)[C@H]2O)C(=O)N[C@@H]1CO[C@@H]1O[C@H](CN)[C@@H](O)[C@H]1O. The largest absolute Gasteiger partial charge is 0.481 e. The molecule has 3 saturated heterocycles. The average Bonchev–Trinajstić information content (AvgIpc) is 3.68. The van der Waals surface area contributed by atoms with Crippen molar-refractivity contribution in [1.82, 2.24) is 19.8 Å². The average molecular weight is 991 g/mol. The number of nitrogens with zero attached hydrogens (tertiary/aromatic N) is 2. The molecule has 0 spiro atoms.